The van der Waals surface area contributed by atoms with Crippen LogP contribution in [0.4, 0.5) is 5.69 Å². The predicted octanol–water partition coefficient (Wildman–Crippen LogP) is 1.92. The molecule has 0 aliphatic carbocycles. The Bertz CT molecular complexity index is 844. The van der Waals surface area contributed by atoms with Gasteiger partial charge in [-0.05, 0) is 24.3 Å². The molecule has 0 heterocycles. The summed E-state index contributed by atoms with van der Waals surface area (Å²) in [6, 6.07) is 14.1. The third-order valence-corrected chi connectivity index (χ3v) is 6.13. The van der Waals surface area contributed by atoms with Crippen LogP contribution in [0, 0.1) is 0 Å². The van der Waals surface area contributed by atoms with E-state index in [4.69, 9.17) is 0 Å². The Kier molecular flexibility index (Phi) is 4.06. The van der Waals surface area contributed by atoms with Gasteiger partial charge in [-0.2, -0.15) is 0 Å². The van der Waals surface area contributed by atoms with Crippen molar-refractivity contribution in [2.24, 2.45) is 0 Å². The van der Waals surface area contributed by atoms with Crippen LogP contribution in [0.15, 0.2) is 64.4 Å². The Hall–Kier alpha value is -1.86. The second-order valence-corrected chi connectivity index (χ2v) is 8.45. The molecule has 2 rings (SSSR count). The summed E-state index contributed by atoms with van der Waals surface area (Å²) in [6.07, 6.45) is 0.990. The molecule has 0 aliphatic heterocycles. The highest BCUT2D eigenvalue weighted by atomic mass is 32.2. The first kappa shape index (κ1) is 15.5. The maximum atomic E-state index is 12.7. The standard InChI is InChI=1S/C14H15NO4S2/c1-15(12-8-4-3-5-9-12)21(18,19)14-11-7-6-10-13(14)20(2,16)17/h3-11H,1-2H3. The average Bonchev–Trinajstić information content (AvgIpc) is 2.46. The van der Waals surface area contributed by atoms with Crippen LogP contribution < -0.4 is 4.31 Å². The molecule has 0 fully saturated rings. The molecule has 0 saturated carbocycles. The maximum Gasteiger partial charge on any atom is 0.265 e. The molecule has 0 bridgehead atoms. The van der Waals surface area contributed by atoms with Gasteiger partial charge in [0.2, 0.25) is 0 Å². The van der Waals surface area contributed by atoms with Gasteiger partial charge >= 0.3 is 0 Å². The van der Waals surface area contributed by atoms with E-state index in [-0.39, 0.29) is 9.79 Å². The van der Waals surface area contributed by atoms with Gasteiger partial charge < -0.3 is 0 Å². The number of anilines is 1. The Morgan fingerprint density at radius 3 is 1.76 bits per heavy atom. The first-order chi connectivity index (χ1) is 9.74. The van der Waals surface area contributed by atoms with Crippen molar-refractivity contribution in [3.63, 3.8) is 0 Å². The molecule has 0 amide bonds. The predicted molar refractivity (Wildman–Crippen MR) is 81.6 cm³/mol. The van der Waals surface area contributed by atoms with E-state index in [2.05, 4.69) is 0 Å². The number of hydrogen-bond acceptors (Lipinski definition) is 4. The minimum absolute atomic E-state index is 0.201. The third kappa shape index (κ3) is 3.08. The van der Waals surface area contributed by atoms with Gasteiger partial charge in [0.15, 0.2) is 9.84 Å². The SMILES string of the molecule is CN(c1ccccc1)S(=O)(=O)c1ccccc1S(C)(=O)=O. The van der Waals surface area contributed by atoms with E-state index < -0.39 is 19.9 Å². The van der Waals surface area contributed by atoms with Gasteiger partial charge in [-0.15, -0.1) is 0 Å². The summed E-state index contributed by atoms with van der Waals surface area (Å²) in [7, 11) is -6.20. The van der Waals surface area contributed by atoms with Crippen LogP contribution >= 0.6 is 0 Å². The normalized spacial score (nSPS) is 12.1. The first-order valence-corrected chi connectivity index (χ1v) is 9.41. The number of hydrogen-bond donors (Lipinski definition) is 0. The van der Waals surface area contributed by atoms with Gasteiger partial charge in [0.1, 0.15) is 4.90 Å². The monoisotopic (exact) mass is 325 g/mol. The fraction of sp³-hybridized carbons (Fsp3) is 0.143. The summed E-state index contributed by atoms with van der Waals surface area (Å²) < 4.78 is 49.9. The summed E-state index contributed by atoms with van der Waals surface area (Å²) in [5, 5.41) is 0. The molecule has 0 atom stereocenters. The van der Waals surface area contributed by atoms with Crippen molar-refractivity contribution in [3.8, 4) is 0 Å². The van der Waals surface area contributed by atoms with Gasteiger partial charge in [0.25, 0.3) is 10.0 Å². The highest BCUT2D eigenvalue weighted by Crippen LogP contribution is 2.26. The molecule has 0 N–H and O–H groups in total. The summed E-state index contributed by atoms with van der Waals surface area (Å²) in [5.41, 5.74) is 0.459. The minimum atomic E-state index is -3.95. The molecule has 2 aromatic rings. The molecule has 0 spiro atoms. The van der Waals surface area contributed by atoms with E-state index in [0.717, 1.165) is 10.6 Å². The second-order valence-electron chi connectivity index (χ2n) is 4.53. The molecule has 0 aromatic heterocycles. The van der Waals surface area contributed by atoms with Crippen molar-refractivity contribution >= 4 is 25.5 Å². The fourth-order valence-corrected chi connectivity index (χ4v) is 4.69. The van der Waals surface area contributed by atoms with Gasteiger partial charge in [-0.25, -0.2) is 16.8 Å². The molecule has 112 valence electrons. The van der Waals surface area contributed by atoms with Crippen molar-refractivity contribution < 1.29 is 16.8 Å². The molecule has 0 aliphatic rings. The number of benzene rings is 2. The lowest BCUT2D eigenvalue weighted by molar-refractivity contribution is 0.584. The van der Waals surface area contributed by atoms with Crippen molar-refractivity contribution in [1.29, 1.82) is 0 Å². The van der Waals surface area contributed by atoms with Crippen LogP contribution in [0.3, 0.4) is 0 Å². The number of rotatable bonds is 4. The molecular formula is C14H15NO4S2. The Balaban J connectivity index is 2.61. The van der Waals surface area contributed by atoms with Crippen LogP contribution in [0.2, 0.25) is 0 Å². The van der Waals surface area contributed by atoms with Gasteiger partial charge in [-0.1, -0.05) is 30.3 Å². The lowest BCUT2D eigenvalue weighted by Crippen LogP contribution is -2.27. The van der Waals surface area contributed by atoms with Crippen molar-refractivity contribution in [2.75, 3.05) is 17.6 Å². The molecule has 5 nitrogen and oxygen atoms in total. The Labute approximate surface area is 124 Å². The van der Waals surface area contributed by atoms with Crippen LogP contribution in [0.25, 0.3) is 0 Å². The van der Waals surface area contributed by atoms with Crippen LogP contribution in [-0.4, -0.2) is 30.1 Å². The van der Waals surface area contributed by atoms with Crippen LogP contribution in [0.5, 0.6) is 0 Å². The number of para-hydroxylation sites is 1. The number of sulfonamides is 1. The van der Waals surface area contributed by atoms with Crippen molar-refractivity contribution in [2.45, 2.75) is 9.79 Å². The Morgan fingerprint density at radius 1 is 0.762 bits per heavy atom. The molecule has 21 heavy (non-hydrogen) atoms. The average molecular weight is 325 g/mol. The topological polar surface area (TPSA) is 71.5 Å². The second kappa shape index (κ2) is 5.50. The minimum Gasteiger partial charge on any atom is -0.269 e. The summed E-state index contributed by atoms with van der Waals surface area (Å²) >= 11 is 0. The zero-order valence-electron chi connectivity index (χ0n) is 11.6. The van der Waals surface area contributed by atoms with Crippen molar-refractivity contribution in [1.82, 2.24) is 0 Å². The highest BCUT2D eigenvalue weighted by Gasteiger charge is 2.27. The lowest BCUT2D eigenvalue weighted by Gasteiger charge is -2.20. The van der Waals surface area contributed by atoms with E-state index in [0.29, 0.717) is 5.69 Å². The van der Waals surface area contributed by atoms with Gasteiger partial charge in [0.05, 0.1) is 10.6 Å². The maximum absolute atomic E-state index is 12.7. The zero-order valence-corrected chi connectivity index (χ0v) is 13.2. The third-order valence-electron chi connectivity index (χ3n) is 3.01. The van der Waals surface area contributed by atoms with E-state index in [9.17, 15) is 16.8 Å². The van der Waals surface area contributed by atoms with Gasteiger partial charge in [0, 0.05) is 13.3 Å². The van der Waals surface area contributed by atoms with Crippen LogP contribution in [-0.2, 0) is 19.9 Å². The first-order valence-electron chi connectivity index (χ1n) is 6.07. The largest absolute Gasteiger partial charge is 0.269 e. The van der Waals surface area contributed by atoms with E-state index in [1.54, 1.807) is 30.3 Å². The molecule has 0 unspecified atom stereocenters. The summed E-state index contributed by atoms with van der Waals surface area (Å²) in [6.45, 7) is 0. The molecule has 0 saturated heterocycles. The van der Waals surface area contributed by atoms with E-state index in [1.807, 2.05) is 0 Å². The molecule has 7 heteroatoms. The Morgan fingerprint density at radius 2 is 1.24 bits per heavy atom. The summed E-state index contributed by atoms with van der Waals surface area (Å²) in [5.74, 6) is 0. The van der Waals surface area contributed by atoms with E-state index >= 15 is 0 Å². The lowest BCUT2D eigenvalue weighted by atomic mass is 10.3. The quantitative estimate of drug-likeness (QED) is 0.861. The van der Waals surface area contributed by atoms with Crippen molar-refractivity contribution in [3.05, 3.63) is 54.6 Å². The van der Waals surface area contributed by atoms with E-state index in [1.165, 1.54) is 31.3 Å². The molecule has 2 aromatic carbocycles. The smallest absolute Gasteiger partial charge is 0.265 e. The zero-order chi connectivity index (χ0) is 15.7. The van der Waals surface area contributed by atoms with Gasteiger partial charge in [-0.3, -0.25) is 4.31 Å². The molecular weight excluding hydrogens is 310 g/mol. The van der Waals surface area contributed by atoms with Crippen LogP contribution in [0.1, 0.15) is 0 Å². The summed E-state index contributed by atoms with van der Waals surface area (Å²) in [4.78, 5) is -0.424. The number of nitrogens with zero attached hydrogens (tertiary/aromatic N) is 1. The fourth-order valence-electron chi connectivity index (χ4n) is 1.89. The molecule has 0 radical (unpaired) electrons. The number of sulfone groups is 1. The highest BCUT2D eigenvalue weighted by molar-refractivity contribution is 7.95.